The van der Waals surface area contributed by atoms with Crippen LogP contribution in [-0.4, -0.2) is 35.8 Å². The third kappa shape index (κ3) is 1.15. The molecule has 3 saturated carbocycles. The highest BCUT2D eigenvalue weighted by molar-refractivity contribution is 6.09. The van der Waals surface area contributed by atoms with Crippen molar-refractivity contribution in [3.63, 3.8) is 0 Å². The zero-order chi connectivity index (χ0) is 17.1. The quantitative estimate of drug-likeness (QED) is 0.634. The van der Waals surface area contributed by atoms with Gasteiger partial charge in [-0.3, -0.25) is 9.59 Å². The van der Waals surface area contributed by atoms with Gasteiger partial charge in [0.1, 0.15) is 17.8 Å². The van der Waals surface area contributed by atoms with Crippen LogP contribution in [0.2, 0.25) is 0 Å². The molecule has 4 bridgehead atoms. The molecule has 0 N–H and O–H groups in total. The van der Waals surface area contributed by atoms with Crippen molar-refractivity contribution >= 4 is 17.5 Å². The number of fused-ring (bicyclic) bond motifs is 2. The maximum atomic E-state index is 13.5. The number of ketones is 2. The second-order valence-corrected chi connectivity index (χ2v) is 8.95. The predicted octanol–water partition coefficient (Wildman–Crippen LogP) is 1.84. The molecule has 5 heteroatoms. The van der Waals surface area contributed by atoms with Crippen LogP contribution in [0.25, 0.3) is 0 Å². The minimum absolute atomic E-state index is 0.0338. The number of carbonyl (C=O) groups excluding carboxylic acids is 3. The topological polar surface area (TPSA) is 69.7 Å². The van der Waals surface area contributed by atoms with E-state index in [0.29, 0.717) is 12.8 Å². The summed E-state index contributed by atoms with van der Waals surface area (Å²) >= 11 is 0. The summed E-state index contributed by atoms with van der Waals surface area (Å²) in [4.78, 5) is 39.5. The van der Waals surface area contributed by atoms with Crippen molar-refractivity contribution in [3.8, 4) is 0 Å². The summed E-state index contributed by atoms with van der Waals surface area (Å²) in [6.45, 7) is 5.92. The number of ether oxygens (including phenoxy) is 2. The Kier molecular flexibility index (Phi) is 2.37. The highest BCUT2D eigenvalue weighted by Crippen LogP contribution is 2.75. The van der Waals surface area contributed by atoms with Gasteiger partial charge in [0.15, 0.2) is 11.4 Å². The zero-order valence-electron chi connectivity index (χ0n) is 14.3. The van der Waals surface area contributed by atoms with E-state index in [0.717, 1.165) is 6.42 Å². The summed E-state index contributed by atoms with van der Waals surface area (Å²) in [5, 5.41) is 0. The van der Waals surface area contributed by atoms with E-state index < -0.39 is 33.9 Å². The van der Waals surface area contributed by atoms with Gasteiger partial charge in [-0.15, -0.1) is 0 Å². The van der Waals surface area contributed by atoms with Gasteiger partial charge in [-0.25, -0.2) is 4.79 Å². The smallest absolute Gasteiger partial charge is 0.339 e. The minimum atomic E-state index is -1.26. The van der Waals surface area contributed by atoms with E-state index in [9.17, 15) is 14.4 Å². The maximum Gasteiger partial charge on any atom is 0.339 e. The van der Waals surface area contributed by atoms with Crippen LogP contribution in [0.5, 0.6) is 0 Å². The molecule has 0 radical (unpaired) electrons. The molecule has 6 aliphatic rings. The van der Waals surface area contributed by atoms with Crippen LogP contribution < -0.4 is 0 Å². The van der Waals surface area contributed by atoms with Crippen LogP contribution in [0.4, 0.5) is 0 Å². The lowest BCUT2D eigenvalue weighted by Gasteiger charge is -2.61. The summed E-state index contributed by atoms with van der Waals surface area (Å²) in [6, 6.07) is 0. The number of cyclic esters (lactones) is 1. The monoisotopic (exact) mass is 330 g/mol. The van der Waals surface area contributed by atoms with E-state index in [1.807, 2.05) is 26.8 Å². The van der Waals surface area contributed by atoms with Crippen molar-refractivity contribution in [2.75, 3.05) is 6.61 Å². The summed E-state index contributed by atoms with van der Waals surface area (Å²) in [5.41, 5.74) is -3.80. The average Bonchev–Trinajstić information content (AvgIpc) is 2.76. The van der Waals surface area contributed by atoms with Crippen LogP contribution in [-0.2, 0) is 23.9 Å². The second kappa shape index (κ2) is 3.85. The van der Waals surface area contributed by atoms with Gasteiger partial charge in [0, 0.05) is 11.3 Å². The van der Waals surface area contributed by atoms with E-state index in [1.165, 1.54) is 0 Å². The predicted molar refractivity (Wildman–Crippen MR) is 82.9 cm³/mol. The molecule has 6 rings (SSSR count). The Labute approximate surface area is 140 Å². The molecule has 0 aromatic heterocycles. The third-order valence-electron chi connectivity index (χ3n) is 7.74. The van der Waals surface area contributed by atoms with E-state index in [-0.39, 0.29) is 30.0 Å². The maximum absolute atomic E-state index is 13.5. The lowest BCUT2D eigenvalue weighted by Crippen LogP contribution is -2.75. The standard InChI is InChI=1S/C19H22O5/c1-10-11-4-7-18(13(10)21)17-9-23-15(22)19(18,8-11)24-14(17)16(2,3)6-5-12(17)20/h5-6,10-11,14H,4,7-9H2,1-3H3/t10?,11-,14?,17?,18?,19-/m0/s1. The Morgan fingerprint density at radius 2 is 1.96 bits per heavy atom. The molecule has 0 aromatic carbocycles. The van der Waals surface area contributed by atoms with Gasteiger partial charge in [-0.05, 0) is 31.3 Å². The van der Waals surface area contributed by atoms with Crippen molar-refractivity contribution in [2.24, 2.45) is 28.1 Å². The largest absolute Gasteiger partial charge is 0.462 e. The number of esters is 1. The van der Waals surface area contributed by atoms with Gasteiger partial charge >= 0.3 is 5.97 Å². The van der Waals surface area contributed by atoms with Gasteiger partial charge in [-0.2, -0.15) is 0 Å². The first-order chi connectivity index (χ1) is 11.2. The third-order valence-corrected chi connectivity index (χ3v) is 7.74. The normalized spacial score (nSPS) is 53.6. The average molecular weight is 330 g/mol. The van der Waals surface area contributed by atoms with Gasteiger partial charge in [0.2, 0.25) is 0 Å². The molecule has 5 fully saturated rings. The molecule has 2 saturated heterocycles. The SMILES string of the molecule is CC1C(=O)C23CC[C@H]1C[C@@]21OC2C(C)(C)C=CC(=O)C23COC1=O. The number of allylic oxidation sites excluding steroid dienone is 1. The number of Topliss-reactive ketones (excluding diaryl/α,β-unsaturated/α-hetero) is 1. The van der Waals surface area contributed by atoms with Crippen molar-refractivity contribution < 1.29 is 23.9 Å². The Hall–Kier alpha value is -1.49. The van der Waals surface area contributed by atoms with E-state index in [2.05, 4.69) is 0 Å². The Bertz CT molecular complexity index is 736. The first-order valence-electron chi connectivity index (χ1n) is 8.86. The molecule has 24 heavy (non-hydrogen) atoms. The lowest BCUT2D eigenvalue weighted by atomic mass is 9.38. The van der Waals surface area contributed by atoms with Crippen molar-refractivity contribution in [2.45, 2.75) is 51.7 Å². The molecule has 2 aliphatic heterocycles. The van der Waals surface area contributed by atoms with E-state index in [1.54, 1.807) is 6.08 Å². The first kappa shape index (κ1) is 14.8. The molecule has 6 atom stereocenters. The molecule has 2 heterocycles. The van der Waals surface area contributed by atoms with E-state index >= 15 is 0 Å². The molecule has 0 aromatic rings. The number of hydrogen-bond donors (Lipinski definition) is 0. The highest BCUT2D eigenvalue weighted by atomic mass is 16.6. The molecule has 128 valence electrons. The molecular formula is C19H22O5. The molecule has 4 unspecified atom stereocenters. The fourth-order valence-electron chi connectivity index (χ4n) is 6.60. The summed E-state index contributed by atoms with van der Waals surface area (Å²) < 4.78 is 12.0. The molecular weight excluding hydrogens is 308 g/mol. The van der Waals surface area contributed by atoms with Crippen LogP contribution in [0.3, 0.4) is 0 Å². The second-order valence-electron chi connectivity index (χ2n) is 8.95. The van der Waals surface area contributed by atoms with Crippen LogP contribution in [0, 0.1) is 28.1 Å². The Morgan fingerprint density at radius 3 is 2.71 bits per heavy atom. The summed E-state index contributed by atoms with van der Waals surface area (Å²) in [6.07, 6.45) is 4.88. The number of carbonyl (C=O) groups is 3. The summed E-state index contributed by atoms with van der Waals surface area (Å²) in [5.74, 6) is -0.492. The summed E-state index contributed by atoms with van der Waals surface area (Å²) in [7, 11) is 0. The van der Waals surface area contributed by atoms with Gasteiger partial charge in [0.25, 0.3) is 0 Å². The van der Waals surface area contributed by atoms with Crippen LogP contribution in [0.15, 0.2) is 12.2 Å². The van der Waals surface area contributed by atoms with Gasteiger partial charge in [0.05, 0.1) is 11.5 Å². The van der Waals surface area contributed by atoms with Crippen molar-refractivity contribution in [1.82, 2.24) is 0 Å². The number of rotatable bonds is 0. The minimum Gasteiger partial charge on any atom is -0.462 e. The molecule has 0 amide bonds. The molecule has 4 aliphatic carbocycles. The molecule has 2 spiro atoms. The Morgan fingerprint density at radius 1 is 1.21 bits per heavy atom. The highest BCUT2D eigenvalue weighted by Gasteiger charge is 2.88. The van der Waals surface area contributed by atoms with Crippen LogP contribution >= 0.6 is 0 Å². The molecule has 5 nitrogen and oxygen atoms in total. The van der Waals surface area contributed by atoms with Gasteiger partial charge < -0.3 is 9.47 Å². The van der Waals surface area contributed by atoms with Crippen molar-refractivity contribution in [1.29, 1.82) is 0 Å². The number of hydrogen-bond acceptors (Lipinski definition) is 5. The van der Waals surface area contributed by atoms with Crippen LogP contribution in [0.1, 0.15) is 40.0 Å². The van der Waals surface area contributed by atoms with E-state index in [4.69, 9.17) is 9.47 Å². The van der Waals surface area contributed by atoms with Gasteiger partial charge in [-0.1, -0.05) is 26.8 Å². The fraction of sp³-hybridized carbons (Fsp3) is 0.737. The Balaban J connectivity index is 1.87. The lowest BCUT2D eigenvalue weighted by molar-refractivity contribution is -0.222. The first-order valence-corrected chi connectivity index (χ1v) is 8.86. The zero-order valence-corrected chi connectivity index (χ0v) is 14.3. The van der Waals surface area contributed by atoms with Crippen molar-refractivity contribution in [3.05, 3.63) is 12.2 Å². The fourth-order valence-corrected chi connectivity index (χ4v) is 6.60.